The Morgan fingerprint density at radius 1 is 1.38 bits per heavy atom. The van der Waals surface area contributed by atoms with Gasteiger partial charge in [0, 0.05) is 4.47 Å². The second-order valence-corrected chi connectivity index (χ2v) is 3.31. The lowest BCUT2D eigenvalue weighted by Gasteiger charge is -1.98. The minimum absolute atomic E-state index is 0.129. The first-order valence-electron chi connectivity index (χ1n) is 3.50. The zero-order chi connectivity index (χ0) is 9.26. The average Bonchev–Trinajstić information content (AvgIpc) is 2.61. The largest absolute Gasteiger partial charge is 0.507 e. The van der Waals surface area contributed by atoms with E-state index < -0.39 is 0 Å². The van der Waals surface area contributed by atoms with Crippen molar-refractivity contribution in [2.45, 2.75) is 0 Å². The number of aromatic hydroxyl groups is 1. The molecular weight excluding hydrogens is 236 g/mol. The minimum Gasteiger partial charge on any atom is -0.507 e. The average molecular weight is 241 g/mol. The summed E-state index contributed by atoms with van der Waals surface area (Å²) in [5, 5.41) is 22.7. The SMILES string of the molecule is Oc1ccc(Br)cc1-c1nn[nH]n1. The van der Waals surface area contributed by atoms with Crippen LogP contribution in [0.2, 0.25) is 0 Å². The molecule has 0 bridgehead atoms. The van der Waals surface area contributed by atoms with Gasteiger partial charge < -0.3 is 5.11 Å². The predicted octanol–water partition coefficient (Wildman–Crippen LogP) is 1.33. The number of benzene rings is 1. The van der Waals surface area contributed by atoms with Crippen molar-refractivity contribution in [2.75, 3.05) is 0 Å². The number of aromatic nitrogens is 4. The van der Waals surface area contributed by atoms with E-state index in [2.05, 4.69) is 36.6 Å². The summed E-state index contributed by atoms with van der Waals surface area (Å²) in [5.74, 6) is 0.503. The first-order chi connectivity index (χ1) is 6.27. The minimum atomic E-state index is 0.129. The Morgan fingerprint density at radius 3 is 2.92 bits per heavy atom. The number of phenols is 1. The zero-order valence-electron chi connectivity index (χ0n) is 6.40. The second kappa shape index (κ2) is 3.14. The number of H-pyrrole nitrogens is 1. The fourth-order valence-electron chi connectivity index (χ4n) is 0.963. The Bertz CT molecular complexity index is 414. The van der Waals surface area contributed by atoms with Gasteiger partial charge in [-0.05, 0) is 23.4 Å². The Kier molecular flexibility index (Phi) is 1.97. The van der Waals surface area contributed by atoms with Crippen LogP contribution in [0, 0.1) is 0 Å². The van der Waals surface area contributed by atoms with Crippen LogP contribution in [0.3, 0.4) is 0 Å². The van der Waals surface area contributed by atoms with E-state index in [1.165, 1.54) is 0 Å². The quantitative estimate of drug-likeness (QED) is 0.789. The van der Waals surface area contributed by atoms with Gasteiger partial charge in [0.05, 0.1) is 5.56 Å². The van der Waals surface area contributed by atoms with Crippen LogP contribution >= 0.6 is 15.9 Å². The van der Waals surface area contributed by atoms with E-state index in [0.717, 1.165) is 4.47 Å². The van der Waals surface area contributed by atoms with Gasteiger partial charge in [0.1, 0.15) is 5.75 Å². The first-order valence-corrected chi connectivity index (χ1v) is 4.29. The molecule has 5 nitrogen and oxygen atoms in total. The third-order valence-electron chi connectivity index (χ3n) is 1.54. The molecule has 0 amide bonds. The molecule has 13 heavy (non-hydrogen) atoms. The highest BCUT2D eigenvalue weighted by Crippen LogP contribution is 2.28. The van der Waals surface area contributed by atoms with E-state index >= 15 is 0 Å². The van der Waals surface area contributed by atoms with Crippen molar-refractivity contribution in [1.82, 2.24) is 20.6 Å². The van der Waals surface area contributed by atoms with Gasteiger partial charge in [0.15, 0.2) is 0 Å². The van der Waals surface area contributed by atoms with Gasteiger partial charge >= 0.3 is 0 Å². The summed E-state index contributed by atoms with van der Waals surface area (Å²) in [7, 11) is 0. The third-order valence-corrected chi connectivity index (χ3v) is 2.04. The Morgan fingerprint density at radius 2 is 2.23 bits per heavy atom. The molecule has 0 atom stereocenters. The smallest absolute Gasteiger partial charge is 0.208 e. The van der Waals surface area contributed by atoms with Crippen LogP contribution in [0.25, 0.3) is 11.4 Å². The maximum atomic E-state index is 9.46. The molecule has 1 heterocycles. The van der Waals surface area contributed by atoms with Gasteiger partial charge in [0.25, 0.3) is 0 Å². The van der Waals surface area contributed by atoms with E-state index in [0.29, 0.717) is 11.4 Å². The molecule has 0 fully saturated rings. The lowest BCUT2D eigenvalue weighted by atomic mass is 10.2. The van der Waals surface area contributed by atoms with E-state index in [9.17, 15) is 5.11 Å². The van der Waals surface area contributed by atoms with Crippen molar-refractivity contribution in [2.24, 2.45) is 0 Å². The number of rotatable bonds is 1. The summed E-state index contributed by atoms with van der Waals surface area (Å²) >= 11 is 3.28. The summed E-state index contributed by atoms with van der Waals surface area (Å²) in [6, 6.07) is 5.02. The monoisotopic (exact) mass is 240 g/mol. The molecule has 6 heteroatoms. The lowest BCUT2D eigenvalue weighted by Crippen LogP contribution is -1.82. The van der Waals surface area contributed by atoms with Crippen LogP contribution in [-0.4, -0.2) is 25.7 Å². The standard InChI is InChI=1S/C7H5BrN4O/c8-4-1-2-6(13)5(3-4)7-9-11-12-10-7/h1-3,13H,(H,9,10,11,12). The molecule has 0 unspecified atom stereocenters. The predicted molar refractivity (Wildman–Crippen MR) is 49.0 cm³/mol. The maximum Gasteiger partial charge on any atom is 0.208 e. The van der Waals surface area contributed by atoms with Crippen molar-refractivity contribution < 1.29 is 5.11 Å². The topological polar surface area (TPSA) is 74.7 Å². The molecule has 0 spiro atoms. The number of tetrazole rings is 1. The zero-order valence-corrected chi connectivity index (χ0v) is 7.98. The number of nitrogens with zero attached hydrogens (tertiary/aromatic N) is 3. The van der Waals surface area contributed by atoms with Crippen molar-refractivity contribution in [3.8, 4) is 17.1 Å². The second-order valence-electron chi connectivity index (χ2n) is 2.40. The van der Waals surface area contributed by atoms with Crippen LogP contribution in [0.4, 0.5) is 0 Å². The molecule has 2 rings (SSSR count). The highest BCUT2D eigenvalue weighted by atomic mass is 79.9. The molecule has 2 N–H and O–H groups in total. The van der Waals surface area contributed by atoms with Crippen LogP contribution < -0.4 is 0 Å². The maximum absolute atomic E-state index is 9.46. The van der Waals surface area contributed by atoms with E-state index in [-0.39, 0.29) is 5.75 Å². The molecule has 0 saturated heterocycles. The number of hydrogen-bond acceptors (Lipinski definition) is 4. The summed E-state index contributed by atoms with van der Waals surface area (Å²) < 4.78 is 0.852. The molecule has 0 saturated carbocycles. The number of hydrogen-bond donors (Lipinski definition) is 2. The molecule has 0 aliphatic rings. The molecular formula is C7H5BrN4O. The molecule has 0 radical (unpaired) electrons. The van der Waals surface area contributed by atoms with E-state index in [1.807, 2.05) is 0 Å². The molecule has 1 aromatic carbocycles. The van der Waals surface area contributed by atoms with Gasteiger partial charge in [-0.15, -0.1) is 10.2 Å². The number of aromatic amines is 1. The van der Waals surface area contributed by atoms with Gasteiger partial charge in [-0.25, -0.2) is 0 Å². The summed E-state index contributed by atoms with van der Waals surface area (Å²) in [6.07, 6.45) is 0. The number of halogens is 1. The lowest BCUT2D eigenvalue weighted by molar-refractivity contribution is 0.477. The molecule has 66 valence electrons. The fourth-order valence-corrected chi connectivity index (χ4v) is 1.32. The number of phenolic OH excluding ortho intramolecular Hbond substituents is 1. The summed E-state index contributed by atoms with van der Waals surface area (Å²) in [4.78, 5) is 0. The van der Waals surface area contributed by atoms with Crippen molar-refractivity contribution in [3.63, 3.8) is 0 Å². The van der Waals surface area contributed by atoms with Crippen LogP contribution in [0.5, 0.6) is 5.75 Å². The van der Waals surface area contributed by atoms with Crippen molar-refractivity contribution in [3.05, 3.63) is 22.7 Å². The summed E-state index contributed by atoms with van der Waals surface area (Å²) in [5.41, 5.74) is 0.545. The van der Waals surface area contributed by atoms with Gasteiger partial charge in [-0.1, -0.05) is 15.9 Å². The molecule has 0 aliphatic heterocycles. The van der Waals surface area contributed by atoms with Crippen molar-refractivity contribution >= 4 is 15.9 Å². The van der Waals surface area contributed by atoms with Crippen molar-refractivity contribution in [1.29, 1.82) is 0 Å². The Balaban J connectivity index is 2.57. The Labute approximate surface area is 81.9 Å². The van der Waals surface area contributed by atoms with Gasteiger partial charge in [-0.2, -0.15) is 5.21 Å². The normalized spacial score (nSPS) is 10.2. The van der Waals surface area contributed by atoms with Gasteiger partial charge in [-0.3, -0.25) is 0 Å². The van der Waals surface area contributed by atoms with Crippen LogP contribution in [0.1, 0.15) is 0 Å². The third kappa shape index (κ3) is 1.52. The van der Waals surface area contributed by atoms with E-state index in [1.54, 1.807) is 18.2 Å². The van der Waals surface area contributed by atoms with Crippen LogP contribution in [0.15, 0.2) is 22.7 Å². The van der Waals surface area contributed by atoms with E-state index in [4.69, 9.17) is 0 Å². The highest BCUT2D eigenvalue weighted by Gasteiger charge is 2.08. The molecule has 1 aromatic heterocycles. The Hall–Kier alpha value is -1.43. The fraction of sp³-hybridized carbons (Fsp3) is 0. The number of nitrogens with one attached hydrogen (secondary N) is 1. The molecule has 2 aromatic rings. The first kappa shape index (κ1) is 8.18. The summed E-state index contributed by atoms with van der Waals surface area (Å²) in [6.45, 7) is 0. The van der Waals surface area contributed by atoms with Gasteiger partial charge in [0.2, 0.25) is 5.82 Å². The highest BCUT2D eigenvalue weighted by molar-refractivity contribution is 9.10. The van der Waals surface area contributed by atoms with Crippen LogP contribution in [-0.2, 0) is 0 Å². The molecule has 0 aliphatic carbocycles.